The largest absolute Gasteiger partial charge is 0.367 e. The lowest BCUT2D eigenvalue weighted by molar-refractivity contribution is 0.209. The first-order chi connectivity index (χ1) is 14.5. The van der Waals surface area contributed by atoms with Gasteiger partial charge in [0.1, 0.15) is 5.69 Å². The molecule has 0 radical (unpaired) electrons. The fraction of sp³-hybridized carbons (Fsp3) is 0.333. The van der Waals surface area contributed by atoms with Gasteiger partial charge in [0.25, 0.3) is 5.56 Å². The van der Waals surface area contributed by atoms with Crippen molar-refractivity contribution in [3.8, 4) is 16.9 Å². The van der Waals surface area contributed by atoms with Crippen LogP contribution in [0.3, 0.4) is 0 Å². The van der Waals surface area contributed by atoms with Gasteiger partial charge >= 0.3 is 0 Å². The van der Waals surface area contributed by atoms with Crippen molar-refractivity contribution in [3.63, 3.8) is 0 Å². The summed E-state index contributed by atoms with van der Waals surface area (Å²) in [6, 6.07) is 14.5. The van der Waals surface area contributed by atoms with Crippen molar-refractivity contribution < 1.29 is 0 Å². The Hall–Kier alpha value is -3.12. The number of hydrogen-bond donors (Lipinski definition) is 1. The lowest BCUT2D eigenvalue weighted by Gasteiger charge is -2.38. The van der Waals surface area contributed by atoms with Crippen LogP contribution >= 0.6 is 0 Å². The van der Waals surface area contributed by atoms with E-state index in [4.69, 9.17) is 5.10 Å². The zero-order chi connectivity index (χ0) is 20.8. The van der Waals surface area contributed by atoms with Crippen molar-refractivity contribution in [1.82, 2.24) is 19.7 Å². The number of H-pyrrole nitrogens is 1. The van der Waals surface area contributed by atoms with Crippen LogP contribution in [0.5, 0.6) is 0 Å². The summed E-state index contributed by atoms with van der Waals surface area (Å²) in [6.07, 6.45) is 1.82. The molecule has 0 bridgehead atoms. The normalized spacial score (nSPS) is 15.5. The number of hydrogen-bond acceptors (Lipinski definition) is 4. The maximum atomic E-state index is 13.0. The number of anilines is 1. The molecule has 1 N–H and O–H groups in total. The molecule has 2 aromatic carbocycles. The molecule has 154 valence electrons. The Kier molecular flexibility index (Phi) is 4.59. The summed E-state index contributed by atoms with van der Waals surface area (Å²) < 4.78 is 1.50. The molecule has 6 nitrogen and oxygen atoms in total. The first-order valence-electron chi connectivity index (χ1n) is 10.6. The average molecular weight is 402 g/mol. The average Bonchev–Trinajstić information content (AvgIpc) is 3.11. The molecule has 3 aliphatic heterocycles. The minimum atomic E-state index is -0.0945. The highest BCUT2D eigenvalue weighted by atomic mass is 16.1. The Balaban J connectivity index is 1.64. The lowest BCUT2D eigenvalue weighted by Crippen LogP contribution is -2.49. The highest BCUT2D eigenvalue weighted by Crippen LogP contribution is 2.34. The Bertz CT molecular complexity index is 1220. The molecular formula is C24H27N5O. The molecule has 1 fully saturated rings. The molecule has 0 aromatic heterocycles. The quantitative estimate of drug-likeness (QED) is 0.569. The summed E-state index contributed by atoms with van der Waals surface area (Å²) in [6.45, 7) is 10.7. The Labute approximate surface area is 176 Å². The van der Waals surface area contributed by atoms with E-state index in [-0.39, 0.29) is 5.56 Å². The van der Waals surface area contributed by atoms with Crippen molar-refractivity contribution in [3.05, 3.63) is 64.6 Å². The third kappa shape index (κ3) is 3.08. The molecule has 1 saturated heterocycles. The molecule has 0 spiro atoms. The smallest absolute Gasteiger partial charge is 0.282 e. The van der Waals surface area contributed by atoms with E-state index in [9.17, 15) is 4.79 Å². The van der Waals surface area contributed by atoms with E-state index in [2.05, 4.69) is 47.7 Å². The molecule has 3 heterocycles. The Morgan fingerprint density at radius 3 is 2.47 bits per heavy atom. The second-order valence-corrected chi connectivity index (χ2v) is 8.43. The van der Waals surface area contributed by atoms with Crippen molar-refractivity contribution >= 4 is 16.6 Å². The number of aromatic nitrogens is 3. The fourth-order valence-electron chi connectivity index (χ4n) is 4.47. The summed E-state index contributed by atoms with van der Waals surface area (Å²) in [5, 5.41) is 5.73. The molecule has 0 unspecified atom stereocenters. The van der Waals surface area contributed by atoms with E-state index >= 15 is 0 Å². The van der Waals surface area contributed by atoms with Gasteiger partial charge in [0, 0.05) is 43.8 Å². The highest BCUT2D eigenvalue weighted by molar-refractivity contribution is 6.00. The molecule has 0 amide bonds. The number of nitrogens with zero attached hydrogens (tertiary/aromatic N) is 4. The van der Waals surface area contributed by atoms with Gasteiger partial charge in [-0.05, 0) is 50.6 Å². The first-order valence-corrected chi connectivity index (χ1v) is 10.6. The van der Waals surface area contributed by atoms with E-state index in [0.29, 0.717) is 11.6 Å². The van der Waals surface area contributed by atoms with Gasteiger partial charge in [-0.1, -0.05) is 18.2 Å². The minimum Gasteiger partial charge on any atom is -0.367 e. The number of aromatic amines is 1. The van der Waals surface area contributed by atoms with E-state index in [1.54, 1.807) is 0 Å². The van der Waals surface area contributed by atoms with Crippen LogP contribution in [0.4, 0.5) is 5.69 Å². The van der Waals surface area contributed by atoms with Crippen LogP contribution in [0.25, 0.3) is 27.8 Å². The number of para-hydroxylation sites is 1. The number of fused-ring (bicyclic) bond motifs is 3. The van der Waals surface area contributed by atoms with Crippen molar-refractivity contribution in [2.45, 2.75) is 26.8 Å². The molecule has 0 atom stereocenters. The van der Waals surface area contributed by atoms with Gasteiger partial charge in [-0.2, -0.15) is 9.78 Å². The predicted octanol–water partition coefficient (Wildman–Crippen LogP) is 3.66. The minimum absolute atomic E-state index is 0.0945. The van der Waals surface area contributed by atoms with Gasteiger partial charge in [0.2, 0.25) is 0 Å². The second-order valence-electron chi connectivity index (χ2n) is 8.43. The zero-order valence-corrected chi connectivity index (χ0v) is 17.7. The van der Waals surface area contributed by atoms with Crippen LogP contribution in [-0.4, -0.2) is 51.9 Å². The number of aryl methyl sites for hydroxylation is 1. The van der Waals surface area contributed by atoms with Crippen molar-refractivity contribution in [2.24, 2.45) is 0 Å². The molecule has 30 heavy (non-hydrogen) atoms. The standard InChI is InChI=1S/C24H27N5O/c1-16(2)27-9-11-28(12-10-27)21-14-17(3)13-19-22-20(15-25-23(19)21)24(30)29(26-22)18-7-5-4-6-8-18/h4-8,13-16,25H,9-12H2,1-3H3. The summed E-state index contributed by atoms with van der Waals surface area (Å²) in [5.41, 5.74) is 5.47. The van der Waals surface area contributed by atoms with Crippen molar-refractivity contribution in [2.75, 3.05) is 31.1 Å². The number of pyridine rings is 1. The molecule has 0 aliphatic carbocycles. The summed E-state index contributed by atoms with van der Waals surface area (Å²) >= 11 is 0. The molecule has 0 saturated carbocycles. The van der Waals surface area contributed by atoms with Gasteiger partial charge in [0.05, 0.1) is 22.5 Å². The van der Waals surface area contributed by atoms with Gasteiger partial charge < -0.3 is 9.88 Å². The number of rotatable bonds is 3. The summed E-state index contributed by atoms with van der Waals surface area (Å²) in [5.74, 6) is 0. The number of benzene rings is 2. The molecular weight excluding hydrogens is 374 g/mol. The molecule has 5 rings (SSSR count). The van der Waals surface area contributed by atoms with Gasteiger partial charge in [-0.3, -0.25) is 9.69 Å². The lowest BCUT2D eigenvalue weighted by atomic mass is 10.0. The van der Waals surface area contributed by atoms with Crippen LogP contribution < -0.4 is 10.5 Å². The van der Waals surface area contributed by atoms with Crippen LogP contribution in [0.2, 0.25) is 0 Å². The molecule has 2 aromatic rings. The van der Waals surface area contributed by atoms with Gasteiger partial charge in [0.15, 0.2) is 0 Å². The van der Waals surface area contributed by atoms with Gasteiger partial charge in [-0.25, -0.2) is 0 Å². The third-order valence-corrected chi connectivity index (χ3v) is 6.14. The number of piperazine rings is 1. The van der Waals surface area contributed by atoms with Crippen LogP contribution in [0.15, 0.2) is 53.5 Å². The Morgan fingerprint density at radius 1 is 1.03 bits per heavy atom. The van der Waals surface area contributed by atoms with E-state index in [1.807, 2.05) is 36.5 Å². The number of nitrogens with one attached hydrogen (secondary N) is 1. The third-order valence-electron chi connectivity index (χ3n) is 6.14. The topological polar surface area (TPSA) is 57.2 Å². The van der Waals surface area contributed by atoms with E-state index < -0.39 is 0 Å². The van der Waals surface area contributed by atoms with Crippen LogP contribution in [0.1, 0.15) is 19.4 Å². The van der Waals surface area contributed by atoms with Crippen molar-refractivity contribution in [1.29, 1.82) is 0 Å². The maximum absolute atomic E-state index is 13.0. The second kappa shape index (κ2) is 7.29. The molecule has 3 aliphatic rings. The van der Waals surface area contributed by atoms with Crippen LogP contribution in [0, 0.1) is 6.92 Å². The molecule has 6 heteroatoms. The van der Waals surface area contributed by atoms with E-state index in [1.165, 1.54) is 15.9 Å². The van der Waals surface area contributed by atoms with E-state index in [0.717, 1.165) is 48.5 Å². The summed E-state index contributed by atoms with van der Waals surface area (Å²) in [4.78, 5) is 21.4. The maximum Gasteiger partial charge on any atom is 0.282 e. The summed E-state index contributed by atoms with van der Waals surface area (Å²) in [7, 11) is 0. The van der Waals surface area contributed by atoms with Crippen LogP contribution in [-0.2, 0) is 0 Å². The predicted molar refractivity (Wildman–Crippen MR) is 122 cm³/mol. The van der Waals surface area contributed by atoms with Gasteiger partial charge in [-0.15, -0.1) is 0 Å². The Morgan fingerprint density at radius 2 is 1.77 bits per heavy atom. The monoisotopic (exact) mass is 401 g/mol. The SMILES string of the molecule is Cc1cc(N2CCN(C(C)C)CC2)c2[nH]cc3c(=O)n(-c4ccccc4)nc-3c2c1. The first kappa shape index (κ1) is 18.9. The highest BCUT2D eigenvalue weighted by Gasteiger charge is 2.24. The fourth-order valence-corrected chi connectivity index (χ4v) is 4.47. The zero-order valence-electron chi connectivity index (χ0n) is 17.7.